The molecule has 0 radical (unpaired) electrons. The molecule has 0 bridgehead atoms. The molecular formula is C14H20O5. The van der Waals surface area contributed by atoms with Crippen molar-refractivity contribution in [2.24, 2.45) is 0 Å². The molecule has 0 aliphatic carbocycles. The van der Waals surface area contributed by atoms with Crippen LogP contribution in [-0.4, -0.2) is 36.0 Å². The molecule has 5 nitrogen and oxygen atoms in total. The molecule has 0 saturated heterocycles. The van der Waals surface area contributed by atoms with Crippen molar-refractivity contribution in [3.8, 4) is 11.5 Å². The number of hydrogen-bond acceptors (Lipinski definition) is 5. The highest BCUT2D eigenvalue weighted by Gasteiger charge is 2.01. The van der Waals surface area contributed by atoms with Gasteiger partial charge in [-0.25, -0.2) is 0 Å². The minimum Gasteiger partial charge on any atom is -0.504 e. The first-order valence-electron chi connectivity index (χ1n) is 5.63. The molecule has 1 rings (SSSR count). The maximum absolute atomic E-state index is 10.3. The fourth-order valence-corrected chi connectivity index (χ4v) is 0.875. The zero-order chi connectivity index (χ0) is 15.1. The number of phenolic OH excluding ortho intramolecular Hbond substituents is 1. The number of phenols is 1. The summed E-state index contributed by atoms with van der Waals surface area (Å²) in [6, 6.07) is 4.48. The van der Waals surface area contributed by atoms with Gasteiger partial charge in [0.05, 0.1) is 13.2 Å². The number of aldehydes is 2. The first kappa shape index (κ1) is 19.2. The Kier molecular flexibility index (Phi) is 14.1. The second-order valence-electron chi connectivity index (χ2n) is 3.04. The number of carbonyl (C=O) groups is 2. The Bertz CT molecular complexity index is 374. The molecule has 106 valence electrons. The predicted octanol–water partition coefficient (Wildman–Crippen LogP) is 1.97. The van der Waals surface area contributed by atoms with Crippen molar-refractivity contribution in [1.82, 2.24) is 0 Å². The van der Waals surface area contributed by atoms with Gasteiger partial charge in [0.2, 0.25) is 0 Å². The van der Waals surface area contributed by atoms with Crippen LogP contribution in [0.1, 0.15) is 24.2 Å². The van der Waals surface area contributed by atoms with Crippen LogP contribution in [0.2, 0.25) is 0 Å². The van der Waals surface area contributed by atoms with Crippen molar-refractivity contribution in [2.45, 2.75) is 13.8 Å². The molecule has 0 fully saturated rings. The third-order valence-electron chi connectivity index (χ3n) is 1.49. The van der Waals surface area contributed by atoms with Crippen molar-refractivity contribution < 1.29 is 24.5 Å². The van der Waals surface area contributed by atoms with E-state index in [0.29, 0.717) is 30.5 Å². The molecule has 1 aromatic carbocycles. The van der Waals surface area contributed by atoms with Gasteiger partial charge in [0, 0.05) is 5.56 Å². The molecule has 0 atom stereocenters. The van der Waals surface area contributed by atoms with E-state index in [4.69, 9.17) is 14.6 Å². The summed E-state index contributed by atoms with van der Waals surface area (Å²) in [7, 11) is 0. The van der Waals surface area contributed by atoms with Crippen LogP contribution in [0, 0.1) is 0 Å². The van der Waals surface area contributed by atoms with Gasteiger partial charge in [-0.15, -0.1) is 6.58 Å². The molecule has 0 aliphatic rings. The van der Waals surface area contributed by atoms with Crippen molar-refractivity contribution in [2.75, 3.05) is 13.2 Å². The summed E-state index contributed by atoms with van der Waals surface area (Å²) in [6.07, 6.45) is 2.89. The normalized spacial score (nSPS) is 7.95. The number of aliphatic hydroxyl groups excluding tert-OH is 1. The van der Waals surface area contributed by atoms with Crippen LogP contribution in [0.25, 0.3) is 0 Å². The number of allylic oxidation sites excluding steroid dienone is 1. The molecule has 2 N–H and O–H groups in total. The van der Waals surface area contributed by atoms with Gasteiger partial charge in [-0.3, -0.25) is 4.79 Å². The van der Waals surface area contributed by atoms with E-state index in [2.05, 4.69) is 6.58 Å². The van der Waals surface area contributed by atoms with E-state index >= 15 is 0 Å². The SMILES string of the molecule is C=CC.CCOc1cc(C=O)ccc1O.O=CCO. The van der Waals surface area contributed by atoms with E-state index in [1.165, 1.54) is 18.2 Å². The summed E-state index contributed by atoms with van der Waals surface area (Å²) in [5.41, 5.74) is 0.497. The number of benzene rings is 1. The van der Waals surface area contributed by atoms with Crippen LogP contribution in [0.5, 0.6) is 11.5 Å². The number of aromatic hydroxyl groups is 1. The summed E-state index contributed by atoms with van der Waals surface area (Å²) < 4.78 is 5.07. The Hall–Kier alpha value is -2.14. The zero-order valence-corrected chi connectivity index (χ0v) is 11.2. The largest absolute Gasteiger partial charge is 0.504 e. The Morgan fingerprint density at radius 2 is 1.89 bits per heavy atom. The van der Waals surface area contributed by atoms with Gasteiger partial charge in [-0.2, -0.15) is 0 Å². The molecular weight excluding hydrogens is 248 g/mol. The van der Waals surface area contributed by atoms with Crippen LogP contribution in [0.15, 0.2) is 30.9 Å². The summed E-state index contributed by atoms with van der Waals surface area (Å²) >= 11 is 0. The Balaban J connectivity index is 0. The molecule has 0 saturated carbocycles. The number of carbonyl (C=O) groups excluding carboxylic acids is 2. The fourth-order valence-electron chi connectivity index (χ4n) is 0.875. The molecule has 0 heterocycles. The summed E-state index contributed by atoms with van der Waals surface area (Å²) in [4.78, 5) is 19.3. The standard InChI is InChI=1S/C9H10O3.C3H6.C2H4O2/c1-2-12-9-5-7(6-10)3-4-8(9)11;1-3-2;3-1-2-4/h3-6,11H,2H2,1H3;3H,1H2,2H3;1,4H,2H2. The minimum atomic E-state index is -0.361. The average molecular weight is 268 g/mol. The number of ether oxygens (including phenoxy) is 1. The van der Waals surface area contributed by atoms with Crippen LogP contribution < -0.4 is 4.74 Å². The monoisotopic (exact) mass is 268 g/mol. The van der Waals surface area contributed by atoms with E-state index in [9.17, 15) is 9.90 Å². The summed E-state index contributed by atoms with van der Waals surface area (Å²) in [5.74, 6) is 0.407. The van der Waals surface area contributed by atoms with Crippen LogP contribution in [0.4, 0.5) is 0 Å². The first-order chi connectivity index (χ1) is 9.10. The van der Waals surface area contributed by atoms with Crippen molar-refractivity contribution >= 4 is 12.6 Å². The maximum Gasteiger partial charge on any atom is 0.161 e. The lowest BCUT2D eigenvalue weighted by Crippen LogP contribution is -1.92. The van der Waals surface area contributed by atoms with Gasteiger partial charge >= 0.3 is 0 Å². The Labute approximate surface area is 113 Å². The number of hydrogen-bond donors (Lipinski definition) is 2. The lowest BCUT2D eigenvalue weighted by molar-refractivity contribution is -0.110. The Morgan fingerprint density at radius 3 is 2.26 bits per heavy atom. The first-order valence-corrected chi connectivity index (χ1v) is 5.63. The summed E-state index contributed by atoms with van der Waals surface area (Å²) in [5, 5.41) is 16.7. The van der Waals surface area contributed by atoms with Crippen LogP contribution >= 0.6 is 0 Å². The van der Waals surface area contributed by atoms with Gasteiger partial charge in [0.1, 0.15) is 12.6 Å². The van der Waals surface area contributed by atoms with Crippen LogP contribution in [0.3, 0.4) is 0 Å². The molecule has 19 heavy (non-hydrogen) atoms. The number of rotatable bonds is 4. The van der Waals surface area contributed by atoms with Crippen molar-refractivity contribution in [3.63, 3.8) is 0 Å². The van der Waals surface area contributed by atoms with E-state index in [1.54, 1.807) is 6.08 Å². The second kappa shape index (κ2) is 13.9. The van der Waals surface area contributed by atoms with Gasteiger partial charge < -0.3 is 19.7 Å². The van der Waals surface area contributed by atoms with E-state index < -0.39 is 0 Å². The average Bonchev–Trinajstić information content (AvgIpc) is 2.43. The second-order valence-corrected chi connectivity index (χ2v) is 3.04. The van der Waals surface area contributed by atoms with E-state index in [-0.39, 0.29) is 12.4 Å². The number of aliphatic hydroxyl groups is 1. The molecule has 0 spiro atoms. The maximum atomic E-state index is 10.3. The minimum absolute atomic E-state index is 0.0578. The lowest BCUT2D eigenvalue weighted by Gasteiger charge is -2.04. The summed E-state index contributed by atoms with van der Waals surface area (Å²) in [6.45, 7) is 7.17. The highest BCUT2D eigenvalue weighted by molar-refractivity contribution is 5.76. The molecule has 0 unspecified atom stereocenters. The van der Waals surface area contributed by atoms with Gasteiger partial charge in [-0.05, 0) is 32.0 Å². The predicted molar refractivity (Wildman–Crippen MR) is 73.7 cm³/mol. The smallest absolute Gasteiger partial charge is 0.161 e. The third kappa shape index (κ3) is 10.7. The van der Waals surface area contributed by atoms with Gasteiger partial charge in [0.25, 0.3) is 0 Å². The lowest BCUT2D eigenvalue weighted by atomic mass is 10.2. The van der Waals surface area contributed by atoms with Crippen LogP contribution in [-0.2, 0) is 4.79 Å². The quantitative estimate of drug-likeness (QED) is 0.644. The van der Waals surface area contributed by atoms with Gasteiger partial charge in [0.15, 0.2) is 11.5 Å². The van der Waals surface area contributed by atoms with E-state index in [1.807, 2.05) is 13.8 Å². The highest BCUT2D eigenvalue weighted by Crippen LogP contribution is 2.25. The van der Waals surface area contributed by atoms with Gasteiger partial charge in [-0.1, -0.05) is 6.08 Å². The molecule has 5 heteroatoms. The van der Waals surface area contributed by atoms with Crippen molar-refractivity contribution in [1.29, 1.82) is 0 Å². The molecule has 0 amide bonds. The van der Waals surface area contributed by atoms with E-state index in [0.717, 1.165) is 0 Å². The topological polar surface area (TPSA) is 83.8 Å². The molecule has 0 aromatic heterocycles. The molecule has 1 aromatic rings. The highest BCUT2D eigenvalue weighted by atomic mass is 16.5. The Morgan fingerprint density at radius 1 is 1.37 bits per heavy atom. The fraction of sp³-hybridized carbons (Fsp3) is 0.286. The molecule has 0 aliphatic heterocycles. The third-order valence-corrected chi connectivity index (χ3v) is 1.49. The zero-order valence-electron chi connectivity index (χ0n) is 11.2. The van der Waals surface area contributed by atoms with Crippen molar-refractivity contribution in [3.05, 3.63) is 36.4 Å².